The molecule has 144 valence electrons. The summed E-state index contributed by atoms with van der Waals surface area (Å²) in [5.41, 5.74) is 4.60. The lowest BCUT2D eigenvalue weighted by atomic mass is 10.1. The third kappa shape index (κ3) is 5.05. The molecule has 0 aliphatic carbocycles. The second-order valence-corrected chi connectivity index (χ2v) is 7.78. The number of aromatic nitrogens is 2. The fourth-order valence-corrected chi connectivity index (χ4v) is 3.55. The smallest absolute Gasteiger partial charge is 0.210 e. The topological polar surface area (TPSA) is 74.2 Å². The van der Waals surface area contributed by atoms with Gasteiger partial charge in [0.1, 0.15) is 0 Å². The van der Waals surface area contributed by atoms with Gasteiger partial charge in [-0.15, -0.1) is 10.2 Å². The Kier molecular flexibility index (Phi) is 5.95. The van der Waals surface area contributed by atoms with Crippen molar-refractivity contribution in [3.63, 3.8) is 0 Å². The molecule has 0 radical (unpaired) electrons. The first-order valence-electron chi connectivity index (χ1n) is 8.61. The molecule has 0 saturated heterocycles. The predicted octanol–water partition coefficient (Wildman–Crippen LogP) is 5.41. The SMILES string of the molecule is S=C(N/N=C\c1nnc(Nc2ccc(Cl)cc2)s1)Nc1cccc2ccccc12. The average molecular weight is 439 g/mol. The van der Waals surface area contributed by atoms with Gasteiger partial charge in [-0.1, -0.05) is 59.3 Å². The van der Waals surface area contributed by atoms with Crippen molar-refractivity contribution in [1.82, 2.24) is 15.6 Å². The van der Waals surface area contributed by atoms with Gasteiger partial charge in [-0.2, -0.15) is 5.10 Å². The molecule has 4 rings (SSSR count). The van der Waals surface area contributed by atoms with E-state index < -0.39 is 0 Å². The van der Waals surface area contributed by atoms with Crippen LogP contribution in [-0.2, 0) is 0 Å². The lowest BCUT2D eigenvalue weighted by Gasteiger charge is -2.09. The number of nitrogens with one attached hydrogen (secondary N) is 3. The summed E-state index contributed by atoms with van der Waals surface area (Å²) in [4.78, 5) is 0. The molecule has 0 spiro atoms. The van der Waals surface area contributed by atoms with Crippen LogP contribution in [0, 0.1) is 0 Å². The van der Waals surface area contributed by atoms with Crippen molar-refractivity contribution in [2.45, 2.75) is 0 Å². The Morgan fingerprint density at radius 1 is 1.00 bits per heavy atom. The predicted molar refractivity (Wildman–Crippen MR) is 126 cm³/mol. The Hall–Kier alpha value is -3.07. The fourth-order valence-electron chi connectivity index (χ4n) is 2.62. The minimum atomic E-state index is 0.390. The minimum Gasteiger partial charge on any atom is -0.331 e. The maximum Gasteiger partial charge on any atom is 0.210 e. The Morgan fingerprint density at radius 3 is 2.66 bits per heavy atom. The van der Waals surface area contributed by atoms with Gasteiger partial charge in [-0.05, 0) is 47.9 Å². The summed E-state index contributed by atoms with van der Waals surface area (Å²) in [6, 6.07) is 21.5. The van der Waals surface area contributed by atoms with Crippen molar-refractivity contribution in [2.75, 3.05) is 10.6 Å². The first-order valence-corrected chi connectivity index (χ1v) is 10.2. The zero-order valence-electron chi connectivity index (χ0n) is 15.0. The first kappa shape index (κ1) is 19.3. The van der Waals surface area contributed by atoms with E-state index in [9.17, 15) is 0 Å². The van der Waals surface area contributed by atoms with E-state index in [4.69, 9.17) is 23.8 Å². The van der Waals surface area contributed by atoms with Crippen molar-refractivity contribution in [3.05, 3.63) is 76.8 Å². The van der Waals surface area contributed by atoms with Crippen LogP contribution in [0.5, 0.6) is 0 Å². The van der Waals surface area contributed by atoms with Crippen LogP contribution in [0.4, 0.5) is 16.5 Å². The number of halogens is 1. The lowest BCUT2D eigenvalue weighted by molar-refractivity contribution is 1.04. The van der Waals surface area contributed by atoms with Gasteiger partial charge in [0.15, 0.2) is 10.1 Å². The van der Waals surface area contributed by atoms with Gasteiger partial charge in [-0.25, -0.2) is 0 Å². The van der Waals surface area contributed by atoms with Crippen LogP contribution < -0.4 is 16.1 Å². The molecule has 0 bridgehead atoms. The van der Waals surface area contributed by atoms with E-state index in [1.54, 1.807) is 18.3 Å². The summed E-state index contributed by atoms with van der Waals surface area (Å²) in [6.07, 6.45) is 1.57. The Bertz CT molecular complexity index is 1170. The molecular formula is C20H15ClN6S2. The van der Waals surface area contributed by atoms with E-state index in [1.807, 2.05) is 42.5 Å². The van der Waals surface area contributed by atoms with Gasteiger partial charge in [-0.3, -0.25) is 5.43 Å². The zero-order valence-corrected chi connectivity index (χ0v) is 17.4. The van der Waals surface area contributed by atoms with Crippen molar-refractivity contribution < 1.29 is 0 Å². The molecule has 0 saturated carbocycles. The number of anilines is 3. The van der Waals surface area contributed by atoms with Gasteiger partial charge >= 0.3 is 0 Å². The second-order valence-electron chi connectivity index (χ2n) is 5.93. The van der Waals surface area contributed by atoms with Gasteiger partial charge < -0.3 is 10.6 Å². The molecule has 29 heavy (non-hydrogen) atoms. The normalized spacial score (nSPS) is 10.9. The Balaban J connectivity index is 1.34. The summed E-state index contributed by atoms with van der Waals surface area (Å²) in [7, 11) is 0. The molecule has 4 aromatic rings. The van der Waals surface area contributed by atoms with E-state index in [0.717, 1.165) is 22.1 Å². The van der Waals surface area contributed by atoms with Crippen LogP contribution in [0.25, 0.3) is 10.8 Å². The number of hydrogen-bond donors (Lipinski definition) is 3. The third-order valence-corrected chi connectivity index (χ3v) is 5.13. The van der Waals surface area contributed by atoms with Crippen LogP contribution in [0.1, 0.15) is 5.01 Å². The highest BCUT2D eigenvalue weighted by Crippen LogP contribution is 2.23. The summed E-state index contributed by atoms with van der Waals surface area (Å²) in [5, 5.41) is 23.2. The molecule has 6 nitrogen and oxygen atoms in total. The van der Waals surface area contributed by atoms with Crippen LogP contribution in [0.3, 0.4) is 0 Å². The van der Waals surface area contributed by atoms with Crippen LogP contribution >= 0.6 is 35.2 Å². The highest BCUT2D eigenvalue weighted by Gasteiger charge is 2.04. The lowest BCUT2D eigenvalue weighted by Crippen LogP contribution is -2.23. The van der Waals surface area contributed by atoms with Crippen LogP contribution in [-0.4, -0.2) is 21.5 Å². The summed E-state index contributed by atoms with van der Waals surface area (Å²) in [5.74, 6) is 0. The molecule has 0 fully saturated rings. The highest BCUT2D eigenvalue weighted by atomic mass is 35.5. The molecule has 3 aromatic carbocycles. The van der Waals surface area contributed by atoms with Crippen LogP contribution in [0.2, 0.25) is 5.02 Å². The van der Waals surface area contributed by atoms with Gasteiger partial charge in [0.25, 0.3) is 0 Å². The monoisotopic (exact) mass is 438 g/mol. The zero-order chi connectivity index (χ0) is 20.1. The van der Waals surface area contributed by atoms with Gasteiger partial charge in [0.2, 0.25) is 5.13 Å². The molecule has 0 amide bonds. The molecule has 1 heterocycles. The fraction of sp³-hybridized carbons (Fsp3) is 0. The third-order valence-electron chi connectivity index (χ3n) is 3.92. The molecule has 0 aliphatic heterocycles. The molecular weight excluding hydrogens is 424 g/mol. The molecule has 1 aromatic heterocycles. The maximum absolute atomic E-state index is 5.89. The first-order chi connectivity index (χ1) is 14.2. The Morgan fingerprint density at radius 2 is 1.79 bits per heavy atom. The Labute approximate surface area is 181 Å². The average Bonchev–Trinajstić information content (AvgIpc) is 3.17. The van der Waals surface area contributed by atoms with E-state index in [1.165, 1.54) is 11.3 Å². The van der Waals surface area contributed by atoms with E-state index >= 15 is 0 Å². The van der Waals surface area contributed by atoms with Crippen LogP contribution in [0.15, 0.2) is 71.8 Å². The van der Waals surface area contributed by atoms with Crippen molar-refractivity contribution in [1.29, 1.82) is 0 Å². The van der Waals surface area contributed by atoms with Crippen molar-refractivity contribution in [3.8, 4) is 0 Å². The largest absolute Gasteiger partial charge is 0.331 e. The summed E-state index contributed by atoms with van der Waals surface area (Å²) in [6.45, 7) is 0. The summed E-state index contributed by atoms with van der Waals surface area (Å²) < 4.78 is 0. The van der Waals surface area contributed by atoms with E-state index in [2.05, 4.69) is 43.5 Å². The van der Waals surface area contributed by atoms with E-state index in [-0.39, 0.29) is 0 Å². The second kappa shape index (κ2) is 8.95. The van der Waals surface area contributed by atoms with Crippen molar-refractivity contribution in [2.24, 2.45) is 5.10 Å². The molecule has 9 heteroatoms. The highest BCUT2D eigenvalue weighted by molar-refractivity contribution is 7.80. The summed E-state index contributed by atoms with van der Waals surface area (Å²) >= 11 is 12.6. The number of hydrazone groups is 1. The number of thiocarbonyl (C=S) groups is 1. The number of benzene rings is 3. The molecule has 0 unspecified atom stereocenters. The number of hydrogen-bond acceptors (Lipinski definition) is 6. The van der Waals surface area contributed by atoms with Gasteiger partial charge in [0.05, 0.1) is 6.21 Å². The van der Waals surface area contributed by atoms with Gasteiger partial charge in [0, 0.05) is 21.8 Å². The van der Waals surface area contributed by atoms with E-state index in [0.29, 0.717) is 20.3 Å². The molecule has 3 N–H and O–H groups in total. The molecule has 0 atom stereocenters. The number of fused-ring (bicyclic) bond motifs is 1. The standard InChI is InChI=1S/C20H15ClN6S2/c21-14-8-10-15(11-9-14)23-20-27-25-18(29-20)12-22-26-19(28)24-17-7-3-5-13-4-1-2-6-16(13)17/h1-12H,(H,23,27)(H2,24,26,28)/b22-12-. The quantitative estimate of drug-likeness (QED) is 0.220. The van der Waals surface area contributed by atoms with Crippen molar-refractivity contribution >= 4 is 73.8 Å². The molecule has 0 aliphatic rings. The maximum atomic E-state index is 5.89. The minimum absolute atomic E-state index is 0.390. The number of nitrogens with zero attached hydrogens (tertiary/aromatic N) is 3. The number of rotatable bonds is 5.